The number of pyridine rings is 1. The molecule has 0 atom stereocenters. The van der Waals surface area contributed by atoms with Gasteiger partial charge in [0.05, 0.1) is 23.8 Å². The molecular weight excluding hydrogens is 348 g/mol. The second-order valence-electron chi connectivity index (χ2n) is 6.06. The van der Waals surface area contributed by atoms with Crippen molar-refractivity contribution in [2.45, 2.75) is 13.8 Å². The van der Waals surface area contributed by atoms with E-state index in [9.17, 15) is 9.59 Å². The van der Waals surface area contributed by atoms with Crippen LogP contribution in [0, 0.1) is 13.8 Å². The molecule has 8 nitrogen and oxygen atoms in total. The molecular formula is C19H16N4O4. The van der Waals surface area contributed by atoms with E-state index in [1.54, 1.807) is 44.3 Å². The highest BCUT2D eigenvalue weighted by atomic mass is 16.7. The molecule has 8 heteroatoms. The summed E-state index contributed by atoms with van der Waals surface area (Å²) in [5.41, 5.74) is 1.19. The molecule has 4 rings (SSSR count). The Balaban J connectivity index is 1.71. The van der Waals surface area contributed by atoms with Crippen LogP contribution < -0.4 is 20.3 Å². The van der Waals surface area contributed by atoms with Crippen molar-refractivity contribution in [3.8, 4) is 17.2 Å². The lowest BCUT2D eigenvalue weighted by Gasteiger charge is -2.11. The molecule has 136 valence electrons. The smallest absolute Gasteiger partial charge is 0.268 e. The van der Waals surface area contributed by atoms with Gasteiger partial charge in [0.15, 0.2) is 11.5 Å². The third kappa shape index (κ3) is 3.12. The Morgan fingerprint density at radius 2 is 1.85 bits per heavy atom. The standard InChI is InChI=1S/C19H16N4O4/c1-11-5-6-23(14-3-4-15-16(7-14)27-10-26-15)19(25)17(11)18(24)22-13-8-20-12(2)21-9-13/h3-9H,10H2,1-2H3,(H,22,24). The van der Waals surface area contributed by atoms with E-state index < -0.39 is 11.5 Å². The summed E-state index contributed by atoms with van der Waals surface area (Å²) in [6.07, 6.45) is 4.62. The summed E-state index contributed by atoms with van der Waals surface area (Å²) in [4.78, 5) is 33.7. The highest BCUT2D eigenvalue weighted by Gasteiger charge is 2.19. The van der Waals surface area contributed by atoms with E-state index in [4.69, 9.17) is 9.47 Å². The van der Waals surface area contributed by atoms with E-state index in [1.807, 2.05) is 0 Å². The van der Waals surface area contributed by atoms with Crippen LogP contribution in [-0.2, 0) is 0 Å². The average molecular weight is 364 g/mol. The number of aryl methyl sites for hydroxylation is 2. The summed E-state index contributed by atoms with van der Waals surface area (Å²) in [6.45, 7) is 3.61. The molecule has 1 aliphatic heterocycles. The van der Waals surface area contributed by atoms with E-state index in [0.29, 0.717) is 34.3 Å². The maximum atomic E-state index is 13.0. The minimum Gasteiger partial charge on any atom is -0.454 e. The zero-order valence-electron chi connectivity index (χ0n) is 14.7. The van der Waals surface area contributed by atoms with Crippen LogP contribution in [0.4, 0.5) is 5.69 Å². The molecule has 0 saturated carbocycles. The van der Waals surface area contributed by atoms with E-state index in [2.05, 4.69) is 15.3 Å². The Bertz CT molecular complexity index is 1090. The lowest BCUT2D eigenvalue weighted by Crippen LogP contribution is -2.29. The van der Waals surface area contributed by atoms with Crippen LogP contribution in [0.1, 0.15) is 21.7 Å². The van der Waals surface area contributed by atoms with Crippen molar-refractivity contribution in [3.63, 3.8) is 0 Å². The van der Waals surface area contributed by atoms with Gasteiger partial charge in [0.2, 0.25) is 6.79 Å². The topological polar surface area (TPSA) is 95.3 Å². The molecule has 3 heterocycles. The second-order valence-corrected chi connectivity index (χ2v) is 6.06. The number of carbonyl (C=O) groups is 1. The lowest BCUT2D eigenvalue weighted by atomic mass is 10.1. The van der Waals surface area contributed by atoms with Gasteiger partial charge in [0.1, 0.15) is 11.4 Å². The van der Waals surface area contributed by atoms with Crippen molar-refractivity contribution in [3.05, 3.63) is 70.2 Å². The summed E-state index contributed by atoms with van der Waals surface area (Å²) in [5.74, 6) is 1.26. The van der Waals surface area contributed by atoms with Crippen molar-refractivity contribution in [1.82, 2.24) is 14.5 Å². The number of anilines is 1. The van der Waals surface area contributed by atoms with Gasteiger partial charge in [0.25, 0.3) is 11.5 Å². The minimum atomic E-state index is -0.514. The van der Waals surface area contributed by atoms with Gasteiger partial charge in [-0.05, 0) is 37.6 Å². The maximum absolute atomic E-state index is 13.0. The molecule has 1 aromatic carbocycles. The van der Waals surface area contributed by atoms with Crippen LogP contribution in [0.2, 0.25) is 0 Å². The highest BCUT2D eigenvalue weighted by Crippen LogP contribution is 2.33. The van der Waals surface area contributed by atoms with Gasteiger partial charge in [-0.15, -0.1) is 0 Å². The summed E-state index contributed by atoms with van der Waals surface area (Å²) in [5, 5.41) is 2.67. The molecule has 0 aliphatic carbocycles. The molecule has 1 amide bonds. The summed E-state index contributed by atoms with van der Waals surface area (Å²) in [6, 6.07) is 6.88. The third-order valence-electron chi connectivity index (χ3n) is 4.20. The molecule has 0 unspecified atom stereocenters. The zero-order chi connectivity index (χ0) is 19.0. The number of fused-ring (bicyclic) bond motifs is 1. The molecule has 3 aromatic rings. The normalized spacial score (nSPS) is 12.1. The molecule has 0 spiro atoms. The molecule has 0 fully saturated rings. The van der Waals surface area contributed by atoms with Gasteiger partial charge in [-0.25, -0.2) is 9.97 Å². The predicted molar refractivity (Wildman–Crippen MR) is 97.6 cm³/mol. The van der Waals surface area contributed by atoms with E-state index in [-0.39, 0.29) is 12.4 Å². The maximum Gasteiger partial charge on any atom is 0.268 e. The Hall–Kier alpha value is -3.68. The largest absolute Gasteiger partial charge is 0.454 e. The van der Waals surface area contributed by atoms with E-state index in [1.165, 1.54) is 17.0 Å². The minimum absolute atomic E-state index is 0.0516. The Kier molecular flexibility index (Phi) is 4.08. The van der Waals surface area contributed by atoms with Crippen molar-refractivity contribution < 1.29 is 14.3 Å². The number of nitrogens with zero attached hydrogens (tertiary/aromatic N) is 3. The van der Waals surface area contributed by atoms with Gasteiger partial charge in [-0.2, -0.15) is 0 Å². The number of hydrogen-bond donors (Lipinski definition) is 1. The van der Waals surface area contributed by atoms with Crippen LogP contribution in [0.15, 0.2) is 47.7 Å². The van der Waals surface area contributed by atoms with Crippen LogP contribution in [-0.4, -0.2) is 27.2 Å². The SMILES string of the molecule is Cc1ncc(NC(=O)c2c(C)ccn(-c3ccc4c(c3)OCO4)c2=O)cn1. The summed E-state index contributed by atoms with van der Waals surface area (Å²) >= 11 is 0. The number of ether oxygens (including phenoxy) is 2. The van der Waals surface area contributed by atoms with Crippen molar-refractivity contribution >= 4 is 11.6 Å². The van der Waals surface area contributed by atoms with Crippen LogP contribution in [0.25, 0.3) is 5.69 Å². The monoisotopic (exact) mass is 364 g/mol. The Morgan fingerprint density at radius 1 is 1.11 bits per heavy atom. The highest BCUT2D eigenvalue weighted by molar-refractivity contribution is 6.04. The van der Waals surface area contributed by atoms with Crippen LogP contribution in [0.3, 0.4) is 0 Å². The molecule has 1 aliphatic rings. The first kappa shape index (κ1) is 16.8. The number of amides is 1. The Morgan fingerprint density at radius 3 is 2.63 bits per heavy atom. The molecule has 0 bridgehead atoms. The Labute approximate surface area is 154 Å². The van der Waals surface area contributed by atoms with Crippen LogP contribution >= 0.6 is 0 Å². The van der Waals surface area contributed by atoms with Gasteiger partial charge >= 0.3 is 0 Å². The van der Waals surface area contributed by atoms with Gasteiger partial charge in [0, 0.05) is 12.3 Å². The molecule has 1 N–H and O–H groups in total. The van der Waals surface area contributed by atoms with Crippen molar-refractivity contribution in [2.75, 3.05) is 12.1 Å². The molecule has 0 saturated heterocycles. The van der Waals surface area contributed by atoms with E-state index >= 15 is 0 Å². The first-order chi connectivity index (χ1) is 13.0. The zero-order valence-corrected chi connectivity index (χ0v) is 14.7. The molecule has 27 heavy (non-hydrogen) atoms. The van der Waals surface area contributed by atoms with Gasteiger partial charge in [-0.1, -0.05) is 0 Å². The first-order valence-corrected chi connectivity index (χ1v) is 8.25. The lowest BCUT2D eigenvalue weighted by molar-refractivity contribution is 0.102. The average Bonchev–Trinajstić information content (AvgIpc) is 3.11. The fourth-order valence-electron chi connectivity index (χ4n) is 2.79. The number of rotatable bonds is 3. The number of aromatic nitrogens is 3. The second kappa shape index (κ2) is 6.56. The number of nitrogens with one attached hydrogen (secondary N) is 1. The fourth-order valence-corrected chi connectivity index (χ4v) is 2.79. The number of carbonyl (C=O) groups excluding carboxylic acids is 1. The molecule has 0 radical (unpaired) electrons. The third-order valence-corrected chi connectivity index (χ3v) is 4.20. The van der Waals surface area contributed by atoms with Crippen molar-refractivity contribution in [2.24, 2.45) is 0 Å². The first-order valence-electron chi connectivity index (χ1n) is 8.25. The van der Waals surface area contributed by atoms with Crippen LogP contribution in [0.5, 0.6) is 11.5 Å². The van der Waals surface area contributed by atoms with E-state index in [0.717, 1.165) is 0 Å². The van der Waals surface area contributed by atoms with Gasteiger partial charge < -0.3 is 14.8 Å². The number of benzene rings is 1. The predicted octanol–water partition coefficient (Wildman–Crippen LogP) is 2.23. The number of hydrogen-bond acceptors (Lipinski definition) is 6. The fraction of sp³-hybridized carbons (Fsp3) is 0.158. The summed E-state index contributed by atoms with van der Waals surface area (Å²) in [7, 11) is 0. The molecule has 2 aromatic heterocycles. The summed E-state index contributed by atoms with van der Waals surface area (Å²) < 4.78 is 12.0. The quantitative estimate of drug-likeness (QED) is 0.766. The van der Waals surface area contributed by atoms with Gasteiger partial charge in [-0.3, -0.25) is 14.2 Å². The van der Waals surface area contributed by atoms with Crippen molar-refractivity contribution in [1.29, 1.82) is 0 Å².